The molecule has 0 radical (unpaired) electrons. The molecule has 17 heavy (non-hydrogen) atoms. The van der Waals surface area contributed by atoms with Crippen molar-refractivity contribution in [2.24, 2.45) is 0 Å². The van der Waals surface area contributed by atoms with E-state index in [1.807, 2.05) is 0 Å². The SMILES string of the molecule is C1C[SiH2]C1.Cc1c(C(=O)O)cccc1C(=O)O. The van der Waals surface area contributed by atoms with Crippen LogP contribution >= 0.6 is 0 Å². The van der Waals surface area contributed by atoms with E-state index < -0.39 is 11.9 Å². The van der Waals surface area contributed by atoms with Crippen molar-refractivity contribution < 1.29 is 19.8 Å². The first-order valence-corrected chi connectivity index (χ1v) is 7.60. The molecule has 2 N–H and O–H groups in total. The van der Waals surface area contributed by atoms with Crippen molar-refractivity contribution in [2.45, 2.75) is 25.4 Å². The molecule has 4 nitrogen and oxygen atoms in total. The van der Waals surface area contributed by atoms with Gasteiger partial charge in [-0.25, -0.2) is 9.59 Å². The second kappa shape index (κ2) is 6.20. The maximum absolute atomic E-state index is 10.6. The molecule has 0 saturated carbocycles. The van der Waals surface area contributed by atoms with Crippen LogP contribution in [0.3, 0.4) is 0 Å². The third-order valence-corrected chi connectivity index (χ3v) is 4.79. The van der Waals surface area contributed by atoms with Gasteiger partial charge in [0.1, 0.15) is 0 Å². The van der Waals surface area contributed by atoms with Gasteiger partial charge in [0.25, 0.3) is 0 Å². The van der Waals surface area contributed by atoms with Crippen LogP contribution < -0.4 is 0 Å². The van der Waals surface area contributed by atoms with Gasteiger partial charge in [0, 0.05) is 9.52 Å². The van der Waals surface area contributed by atoms with Crippen molar-refractivity contribution in [3.05, 3.63) is 34.9 Å². The average molecular weight is 252 g/mol. The van der Waals surface area contributed by atoms with E-state index in [0.29, 0.717) is 9.52 Å². The molecular weight excluding hydrogens is 236 g/mol. The minimum atomic E-state index is -1.11. The number of aromatic carboxylic acids is 2. The van der Waals surface area contributed by atoms with Gasteiger partial charge in [0.2, 0.25) is 0 Å². The number of hydrogen-bond acceptors (Lipinski definition) is 2. The van der Waals surface area contributed by atoms with Gasteiger partial charge in [-0.2, -0.15) is 0 Å². The normalized spacial score (nSPS) is 13.0. The second-order valence-electron chi connectivity index (χ2n) is 4.00. The quantitative estimate of drug-likeness (QED) is 0.787. The van der Waals surface area contributed by atoms with Crippen LogP contribution in [-0.2, 0) is 0 Å². The van der Waals surface area contributed by atoms with Crippen molar-refractivity contribution in [3.63, 3.8) is 0 Å². The summed E-state index contributed by atoms with van der Waals surface area (Å²) in [7, 11) is 0.605. The maximum atomic E-state index is 10.6. The van der Waals surface area contributed by atoms with E-state index in [9.17, 15) is 9.59 Å². The molecule has 0 amide bonds. The molecule has 0 bridgehead atoms. The van der Waals surface area contributed by atoms with Gasteiger partial charge in [0.15, 0.2) is 0 Å². The van der Waals surface area contributed by atoms with E-state index in [4.69, 9.17) is 10.2 Å². The molecule has 1 aliphatic rings. The largest absolute Gasteiger partial charge is 0.478 e. The fraction of sp³-hybridized carbons (Fsp3) is 0.333. The van der Waals surface area contributed by atoms with Crippen LogP contribution in [0.4, 0.5) is 0 Å². The summed E-state index contributed by atoms with van der Waals surface area (Å²) in [6.07, 6.45) is 1.56. The summed E-state index contributed by atoms with van der Waals surface area (Å²) in [5.74, 6) is -2.22. The standard InChI is InChI=1S/C9H8O4.C3H8Si/c1-5-6(8(10)11)3-2-4-7(5)9(12)13;1-2-4-3-1/h2-4H,1H3,(H,10,11)(H,12,13);1-4H2. The van der Waals surface area contributed by atoms with Gasteiger partial charge >= 0.3 is 11.9 Å². The Morgan fingerprint density at radius 2 is 1.47 bits per heavy atom. The van der Waals surface area contributed by atoms with Gasteiger partial charge in [-0.3, -0.25) is 0 Å². The number of benzene rings is 1. The van der Waals surface area contributed by atoms with Crippen LogP contribution in [0, 0.1) is 6.92 Å². The fourth-order valence-electron chi connectivity index (χ4n) is 1.35. The van der Waals surface area contributed by atoms with Gasteiger partial charge in [-0.1, -0.05) is 24.6 Å². The van der Waals surface area contributed by atoms with E-state index in [-0.39, 0.29) is 16.7 Å². The molecule has 5 heteroatoms. The molecule has 0 aromatic heterocycles. The lowest BCUT2D eigenvalue weighted by Crippen LogP contribution is -2.06. The lowest BCUT2D eigenvalue weighted by molar-refractivity contribution is 0.0696. The van der Waals surface area contributed by atoms with Gasteiger partial charge in [-0.15, -0.1) is 0 Å². The summed E-state index contributed by atoms with van der Waals surface area (Å²) in [5.41, 5.74) is 0.335. The predicted molar refractivity (Wildman–Crippen MR) is 67.9 cm³/mol. The summed E-state index contributed by atoms with van der Waals surface area (Å²) in [5, 5.41) is 17.4. The summed E-state index contributed by atoms with van der Waals surface area (Å²) in [6, 6.07) is 7.45. The van der Waals surface area contributed by atoms with Crippen molar-refractivity contribution >= 4 is 21.5 Å². The molecule has 0 spiro atoms. The zero-order valence-electron chi connectivity index (χ0n) is 9.77. The van der Waals surface area contributed by atoms with Crippen LogP contribution in [0.5, 0.6) is 0 Å². The molecule has 92 valence electrons. The zero-order valence-corrected chi connectivity index (χ0v) is 11.2. The van der Waals surface area contributed by atoms with Gasteiger partial charge < -0.3 is 10.2 Å². The molecular formula is C12H16O4Si. The minimum absolute atomic E-state index is 0.0277. The van der Waals surface area contributed by atoms with Crippen LogP contribution in [0.1, 0.15) is 32.7 Å². The van der Waals surface area contributed by atoms with Crippen molar-refractivity contribution in [1.82, 2.24) is 0 Å². The molecule has 0 aliphatic carbocycles. The molecule has 1 saturated heterocycles. The molecule has 1 fully saturated rings. The van der Waals surface area contributed by atoms with Crippen LogP contribution in [-0.4, -0.2) is 31.7 Å². The Morgan fingerprint density at radius 1 is 1.12 bits per heavy atom. The van der Waals surface area contributed by atoms with E-state index in [1.165, 1.54) is 25.1 Å². The Bertz CT molecular complexity index is 388. The van der Waals surface area contributed by atoms with E-state index in [0.717, 1.165) is 0 Å². The Balaban J connectivity index is 0.000000302. The average Bonchev–Trinajstić information content (AvgIpc) is 2.14. The smallest absolute Gasteiger partial charge is 0.335 e. The van der Waals surface area contributed by atoms with E-state index >= 15 is 0 Å². The molecule has 2 rings (SSSR count). The highest BCUT2D eigenvalue weighted by Gasteiger charge is 2.13. The molecule has 0 atom stereocenters. The number of carboxylic acids is 2. The number of carboxylic acid groups (broad SMARTS) is 2. The minimum Gasteiger partial charge on any atom is -0.478 e. The number of hydrogen-bond donors (Lipinski definition) is 2. The van der Waals surface area contributed by atoms with Crippen LogP contribution in [0.2, 0.25) is 12.1 Å². The Kier molecular flexibility index (Phi) is 4.90. The Hall–Kier alpha value is -1.62. The van der Waals surface area contributed by atoms with Crippen LogP contribution in [0.25, 0.3) is 0 Å². The van der Waals surface area contributed by atoms with E-state index in [1.54, 1.807) is 18.5 Å². The highest BCUT2D eigenvalue weighted by Crippen LogP contribution is 2.13. The summed E-state index contributed by atoms with van der Waals surface area (Å²) in [6.45, 7) is 1.48. The van der Waals surface area contributed by atoms with Crippen molar-refractivity contribution in [2.75, 3.05) is 0 Å². The highest BCUT2D eigenvalue weighted by molar-refractivity contribution is 6.38. The topological polar surface area (TPSA) is 74.6 Å². The first kappa shape index (κ1) is 13.4. The molecule has 0 unspecified atom stereocenters. The van der Waals surface area contributed by atoms with Gasteiger partial charge in [0.05, 0.1) is 11.1 Å². The Labute approximate surface area is 102 Å². The van der Waals surface area contributed by atoms with Crippen LogP contribution in [0.15, 0.2) is 18.2 Å². The third kappa shape index (κ3) is 3.71. The number of rotatable bonds is 2. The monoisotopic (exact) mass is 252 g/mol. The highest BCUT2D eigenvalue weighted by atomic mass is 28.2. The first-order valence-electron chi connectivity index (χ1n) is 5.60. The Morgan fingerprint density at radius 3 is 1.71 bits per heavy atom. The maximum Gasteiger partial charge on any atom is 0.335 e. The number of carbonyl (C=O) groups is 2. The zero-order chi connectivity index (χ0) is 12.8. The lowest BCUT2D eigenvalue weighted by Gasteiger charge is -2.04. The van der Waals surface area contributed by atoms with E-state index in [2.05, 4.69) is 0 Å². The lowest BCUT2D eigenvalue weighted by atomic mass is 10.0. The molecule has 1 aromatic rings. The van der Waals surface area contributed by atoms with Crippen molar-refractivity contribution in [3.8, 4) is 0 Å². The predicted octanol–water partition coefficient (Wildman–Crippen LogP) is 1.79. The first-order chi connectivity index (χ1) is 8.04. The summed E-state index contributed by atoms with van der Waals surface area (Å²) in [4.78, 5) is 21.2. The molecule has 1 aliphatic heterocycles. The summed E-state index contributed by atoms with van der Waals surface area (Å²) >= 11 is 0. The molecule has 1 heterocycles. The third-order valence-electron chi connectivity index (χ3n) is 2.79. The summed E-state index contributed by atoms with van der Waals surface area (Å²) < 4.78 is 0. The van der Waals surface area contributed by atoms with Gasteiger partial charge in [-0.05, 0) is 24.6 Å². The second-order valence-corrected chi connectivity index (χ2v) is 6.12. The van der Waals surface area contributed by atoms with Crippen molar-refractivity contribution in [1.29, 1.82) is 0 Å². The fourth-order valence-corrected chi connectivity index (χ4v) is 1.85. The molecule has 1 aromatic carbocycles.